The van der Waals surface area contributed by atoms with Crippen LogP contribution in [0.5, 0.6) is 0 Å². The molecule has 6 atom stereocenters. The first-order chi connectivity index (χ1) is 7.15. The number of rotatable bonds is 2. The molecule has 1 aliphatic rings. The van der Waals surface area contributed by atoms with Crippen LogP contribution in [0.2, 0.25) is 0 Å². The van der Waals surface area contributed by atoms with E-state index in [1.807, 2.05) is 0 Å². The summed E-state index contributed by atoms with van der Waals surface area (Å²) < 4.78 is 14.1. The van der Waals surface area contributed by atoms with Crippen molar-refractivity contribution >= 4 is 7.82 Å². The third-order valence-electron chi connectivity index (χ3n) is 2.32. The number of aliphatic hydroxyl groups excluding tert-OH is 5. The van der Waals surface area contributed by atoms with Crippen LogP contribution in [0.3, 0.4) is 0 Å². The third-order valence-corrected chi connectivity index (χ3v) is 2.83. The summed E-state index contributed by atoms with van der Waals surface area (Å²) in [5.41, 5.74) is 0. The highest BCUT2D eigenvalue weighted by atomic mass is 31.2. The van der Waals surface area contributed by atoms with Gasteiger partial charge in [0.05, 0.1) is 7.82 Å². The van der Waals surface area contributed by atoms with Gasteiger partial charge in [-0.2, -0.15) is 0 Å². The molecule has 9 nitrogen and oxygen atoms in total. The van der Waals surface area contributed by atoms with Crippen molar-refractivity contribution in [1.29, 1.82) is 0 Å². The lowest BCUT2D eigenvalue weighted by molar-refractivity contribution is -0.353. The van der Waals surface area contributed by atoms with E-state index in [2.05, 4.69) is 4.52 Å². The molecular weight excluding hydrogens is 247 g/mol. The Bertz CT molecular complexity index is 274. The minimum atomic E-state index is -5.51. The van der Waals surface area contributed by atoms with Gasteiger partial charge < -0.3 is 44.4 Å². The lowest BCUT2D eigenvalue weighted by Gasteiger charge is -2.45. The van der Waals surface area contributed by atoms with Crippen LogP contribution < -0.4 is 9.79 Å². The van der Waals surface area contributed by atoms with Crippen LogP contribution in [0.25, 0.3) is 0 Å². The molecular formula is C6H11O9P-2. The summed E-state index contributed by atoms with van der Waals surface area (Å²) in [6.07, 6.45) is -11.8. The second kappa shape index (κ2) is 4.65. The van der Waals surface area contributed by atoms with Crippen LogP contribution in [0, 0.1) is 0 Å². The Morgan fingerprint density at radius 3 is 1.44 bits per heavy atom. The molecule has 0 aromatic carbocycles. The first kappa shape index (κ1) is 14.0. The highest BCUT2D eigenvalue weighted by Gasteiger charge is 2.49. The highest BCUT2D eigenvalue weighted by Crippen LogP contribution is 2.34. The van der Waals surface area contributed by atoms with Crippen molar-refractivity contribution < 1.29 is 44.4 Å². The van der Waals surface area contributed by atoms with Crippen LogP contribution in [-0.4, -0.2) is 62.2 Å². The van der Waals surface area contributed by atoms with Crippen molar-refractivity contribution in [1.82, 2.24) is 0 Å². The molecule has 0 radical (unpaired) electrons. The summed E-state index contributed by atoms with van der Waals surface area (Å²) in [7, 11) is -5.51. The maximum absolute atomic E-state index is 10.3. The molecule has 0 aliphatic heterocycles. The van der Waals surface area contributed by atoms with E-state index in [4.69, 9.17) is 15.3 Å². The van der Waals surface area contributed by atoms with E-state index in [1.165, 1.54) is 0 Å². The number of hydrogen-bond donors (Lipinski definition) is 5. The molecule has 0 saturated heterocycles. The molecule has 3 unspecified atom stereocenters. The van der Waals surface area contributed by atoms with Crippen LogP contribution >= 0.6 is 7.82 Å². The van der Waals surface area contributed by atoms with Gasteiger partial charge in [0.15, 0.2) is 0 Å². The smallest absolute Gasteiger partial charge is 0.120 e. The molecule has 0 heterocycles. The van der Waals surface area contributed by atoms with Crippen molar-refractivity contribution in [2.75, 3.05) is 0 Å². The average Bonchev–Trinajstić information content (AvgIpc) is 2.17. The first-order valence-corrected chi connectivity index (χ1v) is 5.72. The quantitative estimate of drug-likeness (QED) is 0.304. The van der Waals surface area contributed by atoms with Gasteiger partial charge in [0.25, 0.3) is 0 Å². The molecule has 1 fully saturated rings. The fraction of sp³-hybridized carbons (Fsp3) is 1.00. The SMILES string of the molecule is O=P([O-])([O-])OC1C(O)[C@H](O)C(O)[C@H](O)[C@@H]1O. The number of aliphatic hydroxyl groups is 5. The van der Waals surface area contributed by atoms with E-state index in [-0.39, 0.29) is 0 Å². The average molecular weight is 258 g/mol. The molecule has 1 rings (SSSR count). The van der Waals surface area contributed by atoms with Crippen molar-refractivity contribution in [2.45, 2.75) is 36.6 Å². The summed E-state index contributed by atoms with van der Waals surface area (Å²) in [6.45, 7) is 0. The maximum Gasteiger partial charge on any atom is 0.120 e. The van der Waals surface area contributed by atoms with Gasteiger partial charge in [0.2, 0.25) is 0 Å². The van der Waals surface area contributed by atoms with Crippen molar-refractivity contribution in [2.24, 2.45) is 0 Å². The van der Waals surface area contributed by atoms with Gasteiger partial charge in [-0.3, -0.25) is 0 Å². The standard InChI is InChI=1S/C6H13O9P/c7-1-2(8)4(10)6(5(11)3(1)9)15-16(12,13)14/h1-11H,(H2,12,13,14)/p-2/t1?,2-,3+,4-,5?,6?/m0/s1. The number of phosphoric ester groups is 1. The van der Waals surface area contributed by atoms with Crippen LogP contribution in [0.15, 0.2) is 0 Å². The largest absolute Gasteiger partial charge is 0.790 e. The van der Waals surface area contributed by atoms with E-state index >= 15 is 0 Å². The topological polar surface area (TPSA) is 174 Å². The van der Waals surface area contributed by atoms with E-state index in [0.29, 0.717) is 0 Å². The summed E-state index contributed by atoms with van der Waals surface area (Å²) in [5, 5.41) is 45.9. The zero-order valence-electron chi connectivity index (χ0n) is 7.78. The van der Waals surface area contributed by atoms with E-state index in [0.717, 1.165) is 0 Å². The molecule has 0 amide bonds. The van der Waals surface area contributed by atoms with Gasteiger partial charge in [0, 0.05) is 0 Å². The first-order valence-electron chi connectivity index (χ1n) is 4.26. The molecule has 16 heavy (non-hydrogen) atoms. The number of phosphoric acid groups is 1. The van der Waals surface area contributed by atoms with Gasteiger partial charge in [-0.25, -0.2) is 0 Å². The molecule has 0 aromatic rings. The maximum atomic E-state index is 10.3. The zero-order chi connectivity index (χ0) is 12.7. The van der Waals surface area contributed by atoms with Crippen molar-refractivity contribution in [3.05, 3.63) is 0 Å². The van der Waals surface area contributed by atoms with Crippen molar-refractivity contribution in [3.8, 4) is 0 Å². The van der Waals surface area contributed by atoms with Gasteiger partial charge >= 0.3 is 0 Å². The van der Waals surface area contributed by atoms with Gasteiger partial charge in [-0.1, -0.05) is 0 Å². The normalized spacial score (nSPS) is 45.7. The fourth-order valence-electron chi connectivity index (χ4n) is 1.47. The minimum Gasteiger partial charge on any atom is -0.790 e. The Hall–Kier alpha value is -0.0900. The monoisotopic (exact) mass is 258 g/mol. The van der Waals surface area contributed by atoms with E-state index in [9.17, 15) is 24.6 Å². The highest BCUT2D eigenvalue weighted by molar-refractivity contribution is 7.43. The minimum absolute atomic E-state index is 1.87. The van der Waals surface area contributed by atoms with Crippen LogP contribution in [-0.2, 0) is 9.09 Å². The fourth-order valence-corrected chi connectivity index (χ4v) is 2.02. The molecule has 0 aromatic heterocycles. The van der Waals surface area contributed by atoms with E-state index < -0.39 is 44.4 Å². The lowest BCUT2D eigenvalue weighted by atomic mass is 9.85. The Kier molecular flexibility index (Phi) is 4.06. The third kappa shape index (κ3) is 2.77. The predicted molar refractivity (Wildman–Crippen MR) is 42.5 cm³/mol. The molecule has 1 saturated carbocycles. The molecule has 1 aliphatic carbocycles. The van der Waals surface area contributed by atoms with Gasteiger partial charge in [-0.15, -0.1) is 0 Å². The molecule has 5 N–H and O–H groups in total. The van der Waals surface area contributed by atoms with Crippen molar-refractivity contribution in [3.63, 3.8) is 0 Å². The van der Waals surface area contributed by atoms with Gasteiger partial charge in [-0.05, 0) is 0 Å². The van der Waals surface area contributed by atoms with E-state index in [1.54, 1.807) is 0 Å². The Balaban J connectivity index is 2.87. The summed E-state index contributed by atoms with van der Waals surface area (Å²) in [5.74, 6) is 0. The summed E-state index contributed by atoms with van der Waals surface area (Å²) in [6, 6.07) is 0. The summed E-state index contributed by atoms with van der Waals surface area (Å²) in [4.78, 5) is 20.6. The lowest BCUT2D eigenvalue weighted by Crippen LogP contribution is -2.64. The molecule has 10 heteroatoms. The Morgan fingerprint density at radius 2 is 1.12 bits per heavy atom. The van der Waals surface area contributed by atoms with Gasteiger partial charge in [0.1, 0.15) is 36.6 Å². The van der Waals surface area contributed by atoms with Crippen LogP contribution in [0.4, 0.5) is 0 Å². The molecule has 0 spiro atoms. The summed E-state index contributed by atoms with van der Waals surface area (Å²) >= 11 is 0. The zero-order valence-corrected chi connectivity index (χ0v) is 8.67. The second-order valence-electron chi connectivity index (χ2n) is 3.47. The van der Waals surface area contributed by atoms with Crippen LogP contribution in [0.1, 0.15) is 0 Å². The second-order valence-corrected chi connectivity index (χ2v) is 4.58. The number of hydrogen-bond acceptors (Lipinski definition) is 9. The molecule has 0 bridgehead atoms. The predicted octanol–water partition coefficient (Wildman–Crippen LogP) is -4.98. The Labute approximate surface area is 89.8 Å². The molecule has 96 valence electrons. The Morgan fingerprint density at radius 1 is 0.812 bits per heavy atom.